The summed E-state index contributed by atoms with van der Waals surface area (Å²) in [7, 11) is -3.59. The van der Waals surface area contributed by atoms with Crippen molar-refractivity contribution in [2.45, 2.75) is 31.6 Å². The fourth-order valence-electron chi connectivity index (χ4n) is 3.62. The number of ether oxygens (including phenoxy) is 1. The van der Waals surface area contributed by atoms with E-state index in [1.807, 2.05) is 36.4 Å². The number of sulfonamides is 1. The minimum atomic E-state index is -3.59. The quantitative estimate of drug-likeness (QED) is 0.599. The third kappa shape index (κ3) is 4.82. The lowest BCUT2D eigenvalue weighted by atomic mass is 10.0. The zero-order valence-electron chi connectivity index (χ0n) is 18.6. The van der Waals surface area contributed by atoms with Crippen molar-refractivity contribution in [3.8, 4) is 11.3 Å². The first-order valence-corrected chi connectivity index (χ1v) is 12.2. The van der Waals surface area contributed by atoms with Crippen molar-refractivity contribution in [1.82, 2.24) is 14.5 Å². The van der Waals surface area contributed by atoms with E-state index in [9.17, 15) is 8.42 Å². The standard InChI is InChI=1S/C24H28N4O3S/c1-17(2)19-6-8-21(9-7-19)25-24-11-10-22(26-27-24)20-5-4-18(3)23(16-20)32(29,30)28-12-14-31-15-13-28/h4-11,16-17H,12-15H2,1-3H3,(H,25,27). The fraction of sp³-hybridized carbons (Fsp3) is 0.333. The van der Waals surface area contributed by atoms with Crippen LogP contribution in [-0.2, 0) is 14.8 Å². The Kier molecular flexibility index (Phi) is 6.55. The van der Waals surface area contributed by atoms with Crippen molar-refractivity contribution in [3.05, 3.63) is 65.7 Å². The zero-order chi connectivity index (χ0) is 22.7. The van der Waals surface area contributed by atoms with Crippen molar-refractivity contribution in [3.63, 3.8) is 0 Å². The normalized spacial score (nSPS) is 15.1. The van der Waals surface area contributed by atoms with Gasteiger partial charge in [0, 0.05) is 24.3 Å². The van der Waals surface area contributed by atoms with E-state index in [1.165, 1.54) is 9.87 Å². The second-order valence-electron chi connectivity index (χ2n) is 8.20. The molecule has 32 heavy (non-hydrogen) atoms. The minimum absolute atomic E-state index is 0.297. The Morgan fingerprint density at radius 2 is 1.69 bits per heavy atom. The van der Waals surface area contributed by atoms with Crippen molar-refractivity contribution in [2.75, 3.05) is 31.6 Å². The molecular formula is C24H28N4O3S. The highest BCUT2D eigenvalue weighted by molar-refractivity contribution is 7.89. The van der Waals surface area contributed by atoms with Crippen LogP contribution < -0.4 is 5.32 Å². The van der Waals surface area contributed by atoms with E-state index in [4.69, 9.17) is 4.74 Å². The molecule has 2 heterocycles. The molecule has 1 aromatic heterocycles. The minimum Gasteiger partial charge on any atom is -0.379 e. The predicted molar refractivity (Wildman–Crippen MR) is 126 cm³/mol. The molecule has 0 atom stereocenters. The third-order valence-electron chi connectivity index (χ3n) is 5.59. The molecule has 7 nitrogen and oxygen atoms in total. The van der Waals surface area contributed by atoms with Gasteiger partial charge in [0.2, 0.25) is 10.0 Å². The number of anilines is 2. The summed E-state index contributed by atoms with van der Waals surface area (Å²) < 4.78 is 33.1. The van der Waals surface area contributed by atoms with Crippen LogP contribution in [0.2, 0.25) is 0 Å². The number of hydrogen-bond donors (Lipinski definition) is 1. The highest BCUT2D eigenvalue weighted by atomic mass is 32.2. The molecule has 8 heteroatoms. The molecule has 0 radical (unpaired) electrons. The van der Waals surface area contributed by atoms with Crippen LogP contribution in [0, 0.1) is 6.92 Å². The molecule has 168 valence electrons. The van der Waals surface area contributed by atoms with Crippen LogP contribution in [0.3, 0.4) is 0 Å². The summed E-state index contributed by atoms with van der Waals surface area (Å²) in [4.78, 5) is 0.297. The number of nitrogens with one attached hydrogen (secondary N) is 1. The topological polar surface area (TPSA) is 84.4 Å². The summed E-state index contributed by atoms with van der Waals surface area (Å²) in [6.07, 6.45) is 0. The van der Waals surface area contributed by atoms with E-state index in [0.717, 1.165) is 5.69 Å². The highest BCUT2D eigenvalue weighted by Crippen LogP contribution is 2.27. The van der Waals surface area contributed by atoms with Gasteiger partial charge in [0.05, 0.1) is 23.8 Å². The molecule has 0 saturated carbocycles. The first-order valence-electron chi connectivity index (χ1n) is 10.7. The van der Waals surface area contributed by atoms with Crippen molar-refractivity contribution >= 4 is 21.5 Å². The molecule has 1 saturated heterocycles. The van der Waals surface area contributed by atoms with Gasteiger partial charge in [-0.1, -0.05) is 38.1 Å². The van der Waals surface area contributed by atoms with Crippen molar-refractivity contribution in [2.24, 2.45) is 0 Å². The van der Waals surface area contributed by atoms with E-state index in [0.29, 0.717) is 59.8 Å². The molecule has 0 amide bonds. The predicted octanol–water partition coefficient (Wildman–Crippen LogP) is 4.34. The second-order valence-corrected chi connectivity index (χ2v) is 10.1. The van der Waals surface area contributed by atoms with Gasteiger partial charge in [0.25, 0.3) is 0 Å². The molecule has 1 aliphatic rings. The summed E-state index contributed by atoms with van der Waals surface area (Å²) in [5.74, 6) is 1.11. The van der Waals surface area contributed by atoms with Gasteiger partial charge in [-0.05, 0) is 54.3 Å². The number of aromatic nitrogens is 2. The van der Waals surface area contributed by atoms with Gasteiger partial charge >= 0.3 is 0 Å². The van der Waals surface area contributed by atoms with Crippen LogP contribution in [0.15, 0.2) is 59.5 Å². The third-order valence-corrected chi connectivity index (χ3v) is 7.63. The molecule has 0 aliphatic carbocycles. The summed E-state index contributed by atoms with van der Waals surface area (Å²) >= 11 is 0. The Morgan fingerprint density at radius 1 is 0.969 bits per heavy atom. The number of aryl methyl sites for hydroxylation is 1. The SMILES string of the molecule is Cc1ccc(-c2ccc(Nc3ccc(C(C)C)cc3)nn2)cc1S(=O)(=O)N1CCOCC1. The first kappa shape index (κ1) is 22.4. The average molecular weight is 453 g/mol. The molecular weight excluding hydrogens is 424 g/mol. The van der Waals surface area contributed by atoms with Crippen LogP contribution in [0.5, 0.6) is 0 Å². The largest absolute Gasteiger partial charge is 0.379 e. The van der Waals surface area contributed by atoms with Crippen LogP contribution in [0.1, 0.15) is 30.9 Å². The highest BCUT2D eigenvalue weighted by Gasteiger charge is 2.28. The van der Waals surface area contributed by atoms with E-state index in [2.05, 4.69) is 41.5 Å². The summed E-state index contributed by atoms with van der Waals surface area (Å²) in [6, 6.07) is 17.3. The van der Waals surface area contributed by atoms with Crippen molar-refractivity contribution < 1.29 is 13.2 Å². The van der Waals surface area contributed by atoms with Gasteiger partial charge in [-0.25, -0.2) is 8.42 Å². The molecule has 1 aliphatic heterocycles. The van der Waals surface area contributed by atoms with Gasteiger partial charge in [0.1, 0.15) is 0 Å². The molecule has 3 aromatic rings. The summed E-state index contributed by atoms with van der Waals surface area (Å²) in [5.41, 5.74) is 4.24. The number of nitrogens with zero attached hydrogens (tertiary/aromatic N) is 3. The van der Waals surface area contributed by atoms with Crippen LogP contribution >= 0.6 is 0 Å². The van der Waals surface area contributed by atoms with E-state index >= 15 is 0 Å². The molecule has 4 rings (SSSR count). The second kappa shape index (κ2) is 9.36. The maximum atomic E-state index is 13.1. The van der Waals surface area contributed by atoms with Crippen LogP contribution in [0.25, 0.3) is 11.3 Å². The first-order chi connectivity index (χ1) is 15.3. The molecule has 0 bridgehead atoms. The average Bonchev–Trinajstić information content (AvgIpc) is 2.81. The maximum Gasteiger partial charge on any atom is 0.243 e. The Labute approximate surface area is 189 Å². The summed E-state index contributed by atoms with van der Waals surface area (Å²) in [6.45, 7) is 7.69. The molecule has 2 aromatic carbocycles. The van der Waals surface area contributed by atoms with Gasteiger partial charge < -0.3 is 10.1 Å². The van der Waals surface area contributed by atoms with E-state index in [-0.39, 0.29) is 0 Å². The number of benzene rings is 2. The van der Waals surface area contributed by atoms with Gasteiger partial charge in [-0.15, -0.1) is 10.2 Å². The van der Waals surface area contributed by atoms with E-state index < -0.39 is 10.0 Å². The van der Waals surface area contributed by atoms with Gasteiger partial charge in [-0.3, -0.25) is 0 Å². The van der Waals surface area contributed by atoms with Crippen LogP contribution in [0.4, 0.5) is 11.5 Å². The molecule has 1 fully saturated rings. The Balaban J connectivity index is 1.54. The zero-order valence-corrected chi connectivity index (χ0v) is 19.4. The van der Waals surface area contributed by atoms with E-state index in [1.54, 1.807) is 13.0 Å². The lowest BCUT2D eigenvalue weighted by Crippen LogP contribution is -2.40. The number of rotatable bonds is 6. The number of hydrogen-bond acceptors (Lipinski definition) is 6. The van der Waals surface area contributed by atoms with Gasteiger partial charge in [0.15, 0.2) is 5.82 Å². The lowest BCUT2D eigenvalue weighted by molar-refractivity contribution is 0.0730. The maximum absolute atomic E-state index is 13.1. The van der Waals surface area contributed by atoms with Crippen molar-refractivity contribution in [1.29, 1.82) is 0 Å². The Bertz CT molecular complexity index is 1170. The Morgan fingerprint density at radius 3 is 2.31 bits per heavy atom. The molecule has 1 N–H and O–H groups in total. The van der Waals surface area contributed by atoms with Crippen LogP contribution in [-0.4, -0.2) is 49.2 Å². The molecule has 0 unspecified atom stereocenters. The monoisotopic (exact) mass is 452 g/mol. The van der Waals surface area contributed by atoms with Gasteiger partial charge in [-0.2, -0.15) is 4.31 Å². The lowest BCUT2D eigenvalue weighted by Gasteiger charge is -2.26. The smallest absolute Gasteiger partial charge is 0.243 e. The fourth-order valence-corrected chi connectivity index (χ4v) is 5.27. The number of morpholine rings is 1. The Hall–Kier alpha value is -2.81. The molecule has 0 spiro atoms. The summed E-state index contributed by atoms with van der Waals surface area (Å²) in [5, 5.41) is 11.8.